The van der Waals surface area contributed by atoms with Gasteiger partial charge in [-0.2, -0.15) is 0 Å². The Balaban J connectivity index is 2.81. The predicted molar refractivity (Wildman–Crippen MR) is 58.7 cm³/mol. The molecule has 5 heteroatoms. The van der Waals surface area contributed by atoms with E-state index in [0.717, 1.165) is 10.5 Å². The zero-order chi connectivity index (χ0) is 12.1. The minimum absolute atomic E-state index is 0.153. The average Bonchev–Trinajstić information content (AvgIpc) is 2.26. The summed E-state index contributed by atoms with van der Waals surface area (Å²) in [4.78, 5) is 22.9. The number of carboxylic acid groups (broad SMARTS) is 1. The van der Waals surface area contributed by atoms with Crippen molar-refractivity contribution in [3.8, 4) is 0 Å². The Morgan fingerprint density at radius 2 is 1.94 bits per heavy atom. The summed E-state index contributed by atoms with van der Waals surface area (Å²) in [6.07, 6.45) is -1.16. The van der Waals surface area contributed by atoms with E-state index in [1.165, 1.54) is 6.92 Å². The van der Waals surface area contributed by atoms with E-state index in [-0.39, 0.29) is 6.54 Å². The Morgan fingerprint density at radius 1 is 1.38 bits per heavy atom. The summed E-state index contributed by atoms with van der Waals surface area (Å²) in [5.41, 5.74) is 5.90. The second-order valence-corrected chi connectivity index (χ2v) is 3.47. The second-order valence-electron chi connectivity index (χ2n) is 3.47. The summed E-state index contributed by atoms with van der Waals surface area (Å²) in [7, 11) is 0. The van der Waals surface area contributed by atoms with E-state index in [0.29, 0.717) is 0 Å². The van der Waals surface area contributed by atoms with Crippen LogP contribution in [-0.2, 0) is 11.3 Å². The molecule has 2 amide bonds. The van der Waals surface area contributed by atoms with Crippen LogP contribution in [0.15, 0.2) is 30.3 Å². The maximum Gasteiger partial charge on any atom is 0.408 e. The molecule has 0 radical (unpaired) electrons. The molecule has 0 saturated carbocycles. The number of primary amides is 1. The lowest BCUT2D eigenvalue weighted by Crippen LogP contribution is -2.45. The number of hydrogen-bond acceptors (Lipinski definition) is 2. The van der Waals surface area contributed by atoms with Crippen LogP contribution in [0.4, 0.5) is 4.79 Å². The highest BCUT2D eigenvalue weighted by molar-refractivity contribution is 5.83. The molecule has 0 aliphatic carbocycles. The van der Waals surface area contributed by atoms with E-state index < -0.39 is 18.0 Å². The van der Waals surface area contributed by atoms with Crippen molar-refractivity contribution in [2.45, 2.75) is 19.5 Å². The van der Waals surface area contributed by atoms with Crippen molar-refractivity contribution in [3.63, 3.8) is 0 Å². The maximum absolute atomic E-state index is 11.0. The van der Waals surface area contributed by atoms with Crippen LogP contribution >= 0.6 is 0 Å². The van der Waals surface area contributed by atoms with Gasteiger partial charge in [-0.05, 0) is 12.5 Å². The molecule has 0 fully saturated rings. The molecular weight excluding hydrogens is 208 g/mol. The molecule has 0 heterocycles. The zero-order valence-electron chi connectivity index (χ0n) is 8.96. The molecule has 1 aromatic rings. The Hall–Kier alpha value is -2.04. The Labute approximate surface area is 93.5 Å². The van der Waals surface area contributed by atoms with Gasteiger partial charge in [0.2, 0.25) is 5.91 Å². The molecule has 1 rings (SSSR count). The van der Waals surface area contributed by atoms with E-state index in [2.05, 4.69) is 0 Å². The van der Waals surface area contributed by atoms with Gasteiger partial charge in [0, 0.05) is 6.54 Å². The molecule has 16 heavy (non-hydrogen) atoms. The Bertz CT molecular complexity index is 378. The molecule has 0 aliphatic heterocycles. The first kappa shape index (κ1) is 12.0. The highest BCUT2D eigenvalue weighted by atomic mass is 16.4. The van der Waals surface area contributed by atoms with E-state index in [1.54, 1.807) is 12.1 Å². The molecule has 1 aromatic carbocycles. The number of rotatable bonds is 4. The van der Waals surface area contributed by atoms with Gasteiger partial charge >= 0.3 is 6.09 Å². The highest BCUT2D eigenvalue weighted by Crippen LogP contribution is 2.08. The Kier molecular flexibility index (Phi) is 3.88. The summed E-state index contributed by atoms with van der Waals surface area (Å²) in [6, 6.07) is 8.21. The summed E-state index contributed by atoms with van der Waals surface area (Å²) in [5, 5.41) is 8.97. The van der Waals surface area contributed by atoms with Crippen LogP contribution in [0.2, 0.25) is 0 Å². The number of carbonyl (C=O) groups is 2. The van der Waals surface area contributed by atoms with Crippen molar-refractivity contribution < 1.29 is 14.7 Å². The zero-order valence-corrected chi connectivity index (χ0v) is 8.96. The smallest absolute Gasteiger partial charge is 0.408 e. The number of nitrogens with two attached hydrogens (primary N) is 1. The minimum Gasteiger partial charge on any atom is -0.465 e. The molecular formula is C11H14N2O3. The van der Waals surface area contributed by atoms with Crippen molar-refractivity contribution in [2.24, 2.45) is 5.73 Å². The van der Waals surface area contributed by atoms with Crippen LogP contribution in [0.1, 0.15) is 12.5 Å². The van der Waals surface area contributed by atoms with Gasteiger partial charge in [0.1, 0.15) is 6.04 Å². The lowest BCUT2D eigenvalue weighted by molar-refractivity contribution is -0.122. The van der Waals surface area contributed by atoms with Gasteiger partial charge in [0.25, 0.3) is 0 Å². The van der Waals surface area contributed by atoms with Gasteiger partial charge < -0.3 is 10.8 Å². The van der Waals surface area contributed by atoms with Gasteiger partial charge in [-0.1, -0.05) is 30.3 Å². The fourth-order valence-electron chi connectivity index (χ4n) is 1.30. The predicted octanol–water partition coefficient (Wildman–Crippen LogP) is 1.04. The SMILES string of the molecule is CC(C(N)=O)N(Cc1ccccc1)C(=O)O. The molecule has 5 nitrogen and oxygen atoms in total. The van der Waals surface area contributed by atoms with Gasteiger partial charge in [-0.15, -0.1) is 0 Å². The van der Waals surface area contributed by atoms with Gasteiger partial charge in [0.05, 0.1) is 0 Å². The van der Waals surface area contributed by atoms with Crippen LogP contribution < -0.4 is 5.73 Å². The van der Waals surface area contributed by atoms with Crippen molar-refractivity contribution in [1.82, 2.24) is 4.90 Å². The largest absolute Gasteiger partial charge is 0.465 e. The second kappa shape index (κ2) is 5.16. The van der Waals surface area contributed by atoms with Crippen LogP contribution in [0.25, 0.3) is 0 Å². The van der Waals surface area contributed by atoms with Gasteiger partial charge in [-0.3, -0.25) is 9.69 Å². The third-order valence-corrected chi connectivity index (χ3v) is 2.32. The fraction of sp³-hybridized carbons (Fsp3) is 0.273. The third-order valence-electron chi connectivity index (χ3n) is 2.32. The van der Waals surface area contributed by atoms with E-state index in [4.69, 9.17) is 10.8 Å². The minimum atomic E-state index is -1.16. The molecule has 3 N–H and O–H groups in total. The lowest BCUT2D eigenvalue weighted by atomic mass is 10.2. The molecule has 1 atom stereocenters. The summed E-state index contributed by atoms with van der Waals surface area (Å²) < 4.78 is 0. The summed E-state index contributed by atoms with van der Waals surface area (Å²) in [6.45, 7) is 1.62. The van der Waals surface area contributed by atoms with Crippen LogP contribution in [0.3, 0.4) is 0 Å². The van der Waals surface area contributed by atoms with Crippen molar-refractivity contribution in [2.75, 3.05) is 0 Å². The first-order chi connectivity index (χ1) is 7.52. The van der Waals surface area contributed by atoms with E-state index >= 15 is 0 Å². The fourth-order valence-corrected chi connectivity index (χ4v) is 1.30. The number of benzene rings is 1. The first-order valence-corrected chi connectivity index (χ1v) is 4.85. The molecule has 0 bridgehead atoms. The number of amides is 2. The topological polar surface area (TPSA) is 83.6 Å². The standard InChI is InChI=1S/C11H14N2O3/c1-8(10(12)14)13(11(15)16)7-9-5-3-2-4-6-9/h2-6,8H,7H2,1H3,(H2,12,14)(H,15,16). The van der Waals surface area contributed by atoms with Crippen molar-refractivity contribution >= 4 is 12.0 Å². The molecule has 86 valence electrons. The number of hydrogen-bond donors (Lipinski definition) is 2. The monoisotopic (exact) mass is 222 g/mol. The Morgan fingerprint density at radius 3 is 2.38 bits per heavy atom. The van der Waals surface area contributed by atoms with Crippen molar-refractivity contribution in [3.05, 3.63) is 35.9 Å². The van der Waals surface area contributed by atoms with Crippen LogP contribution in [0, 0.1) is 0 Å². The van der Waals surface area contributed by atoms with Crippen molar-refractivity contribution in [1.29, 1.82) is 0 Å². The average molecular weight is 222 g/mol. The first-order valence-electron chi connectivity index (χ1n) is 4.85. The van der Waals surface area contributed by atoms with Gasteiger partial charge in [0.15, 0.2) is 0 Å². The van der Waals surface area contributed by atoms with E-state index in [9.17, 15) is 9.59 Å². The molecule has 0 saturated heterocycles. The highest BCUT2D eigenvalue weighted by Gasteiger charge is 2.23. The number of nitrogens with zero attached hydrogens (tertiary/aromatic N) is 1. The molecule has 0 aromatic heterocycles. The normalized spacial score (nSPS) is 11.8. The quantitative estimate of drug-likeness (QED) is 0.798. The molecule has 0 spiro atoms. The molecule has 1 unspecified atom stereocenters. The van der Waals surface area contributed by atoms with Gasteiger partial charge in [-0.25, -0.2) is 4.79 Å². The summed E-state index contributed by atoms with van der Waals surface area (Å²) in [5.74, 6) is -0.654. The number of carbonyl (C=O) groups excluding carboxylic acids is 1. The van der Waals surface area contributed by atoms with E-state index in [1.807, 2.05) is 18.2 Å². The molecule has 0 aliphatic rings. The van der Waals surface area contributed by atoms with Crippen LogP contribution in [-0.4, -0.2) is 28.0 Å². The maximum atomic E-state index is 11.0. The third kappa shape index (κ3) is 2.98. The summed E-state index contributed by atoms with van der Waals surface area (Å²) >= 11 is 0. The lowest BCUT2D eigenvalue weighted by Gasteiger charge is -2.23. The van der Waals surface area contributed by atoms with Crippen LogP contribution in [0.5, 0.6) is 0 Å².